The van der Waals surface area contributed by atoms with Gasteiger partial charge in [0.2, 0.25) is 0 Å². The Morgan fingerprint density at radius 3 is 2.43 bits per heavy atom. The van der Waals surface area contributed by atoms with Gasteiger partial charge in [-0.3, -0.25) is 4.79 Å². The molecule has 4 rings (SSSR count). The summed E-state index contributed by atoms with van der Waals surface area (Å²) in [6.07, 6.45) is 0.458. The van der Waals surface area contributed by atoms with Gasteiger partial charge in [0.15, 0.2) is 0 Å². The Morgan fingerprint density at radius 2 is 1.76 bits per heavy atom. The number of aromatic nitrogens is 1. The van der Waals surface area contributed by atoms with Crippen LogP contribution in [0.4, 0.5) is 4.79 Å². The lowest BCUT2D eigenvalue weighted by Crippen LogP contribution is -2.50. The van der Waals surface area contributed by atoms with E-state index in [2.05, 4.69) is 11.0 Å². The Balaban J connectivity index is 1.56. The summed E-state index contributed by atoms with van der Waals surface area (Å²) in [4.78, 5) is 35.7. The average Bonchev–Trinajstić information content (AvgIpc) is 2.90. The largest absolute Gasteiger partial charge is 0.496 e. The summed E-state index contributed by atoms with van der Waals surface area (Å²) in [7, 11) is 5.68. The lowest BCUT2D eigenvalue weighted by Gasteiger charge is -2.34. The number of benzene rings is 2. The summed E-state index contributed by atoms with van der Waals surface area (Å²) in [5, 5.41) is 1.36. The van der Waals surface area contributed by atoms with Crippen LogP contribution in [0.5, 0.6) is 5.75 Å². The fourth-order valence-corrected chi connectivity index (χ4v) is 4.69. The van der Waals surface area contributed by atoms with Gasteiger partial charge in [-0.25, -0.2) is 9.78 Å². The van der Waals surface area contributed by atoms with E-state index in [1.165, 1.54) is 0 Å². The van der Waals surface area contributed by atoms with Crippen molar-refractivity contribution in [2.45, 2.75) is 19.9 Å². The first kappa shape index (κ1) is 26.7. The number of halogens is 1. The molecule has 0 aliphatic carbocycles. The van der Waals surface area contributed by atoms with E-state index < -0.39 is 0 Å². The number of carbonyl (C=O) groups is 2. The van der Waals surface area contributed by atoms with E-state index in [1.54, 1.807) is 29.0 Å². The van der Waals surface area contributed by atoms with Crippen LogP contribution in [0.15, 0.2) is 42.5 Å². The first-order chi connectivity index (χ1) is 17.8. The average molecular weight is 525 g/mol. The van der Waals surface area contributed by atoms with Crippen molar-refractivity contribution in [3.05, 3.63) is 58.6 Å². The maximum atomic E-state index is 13.3. The standard InChI is InChI=1S/C28H33ClN4O4/c1-5-14-37-28(35)33-12-10-32(11-13-33)27(34)20-6-8-22-23(29)17-24(30-25(22)16-20)19-7-9-26(36-4)21(15-19)18-31(2)3/h6-9,15-17H,5,10-14,18H2,1-4H3. The minimum Gasteiger partial charge on any atom is -0.496 e. The third kappa shape index (κ3) is 6.14. The summed E-state index contributed by atoms with van der Waals surface area (Å²) in [5.41, 5.74) is 3.89. The molecule has 1 aliphatic rings. The van der Waals surface area contributed by atoms with Crippen molar-refractivity contribution in [2.75, 3.05) is 54.0 Å². The molecule has 1 aliphatic heterocycles. The highest BCUT2D eigenvalue weighted by atomic mass is 35.5. The van der Waals surface area contributed by atoms with Crippen molar-refractivity contribution in [1.82, 2.24) is 19.7 Å². The number of ether oxygens (including phenoxy) is 2. The second kappa shape index (κ2) is 11.8. The fraction of sp³-hybridized carbons (Fsp3) is 0.393. The number of hydrogen-bond donors (Lipinski definition) is 0. The first-order valence-corrected chi connectivity index (χ1v) is 12.8. The molecule has 196 valence electrons. The maximum absolute atomic E-state index is 13.3. The molecule has 37 heavy (non-hydrogen) atoms. The molecule has 1 aromatic heterocycles. The van der Waals surface area contributed by atoms with E-state index in [9.17, 15) is 9.59 Å². The van der Waals surface area contributed by atoms with Crippen LogP contribution in [0.3, 0.4) is 0 Å². The van der Waals surface area contributed by atoms with Gasteiger partial charge in [-0.15, -0.1) is 0 Å². The molecule has 8 nitrogen and oxygen atoms in total. The number of methoxy groups -OCH3 is 1. The number of carbonyl (C=O) groups excluding carboxylic acids is 2. The molecule has 1 fully saturated rings. The molecule has 1 saturated heterocycles. The summed E-state index contributed by atoms with van der Waals surface area (Å²) in [6.45, 7) is 4.88. The zero-order valence-corrected chi connectivity index (χ0v) is 22.5. The van der Waals surface area contributed by atoms with Gasteiger partial charge in [0.25, 0.3) is 5.91 Å². The van der Waals surface area contributed by atoms with Crippen LogP contribution in [0, 0.1) is 0 Å². The molecular formula is C28H33ClN4O4. The molecule has 0 atom stereocenters. The van der Waals surface area contributed by atoms with Gasteiger partial charge in [0.1, 0.15) is 5.75 Å². The fourth-order valence-electron chi connectivity index (χ4n) is 4.42. The Labute approximate surface area is 222 Å². The highest BCUT2D eigenvalue weighted by molar-refractivity contribution is 6.35. The third-order valence-electron chi connectivity index (χ3n) is 6.32. The van der Waals surface area contributed by atoms with Crippen molar-refractivity contribution >= 4 is 34.5 Å². The summed E-state index contributed by atoms with van der Waals surface area (Å²) in [6, 6.07) is 13.2. The predicted octanol–water partition coefficient (Wildman–Crippen LogP) is 4.93. The molecule has 2 aromatic carbocycles. The minimum absolute atomic E-state index is 0.0930. The summed E-state index contributed by atoms with van der Waals surface area (Å²) in [5.74, 6) is 0.723. The minimum atomic E-state index is -0.321. The molecule has 2 heterocycles. The van der Waals surface area contributed by atoms with Gasteiger partial charge >= 0.3 is 6.09 Å². The molecule has 0 saturated carbocycles. The zero-order chi connectivity index (χ0) is 26.5. The molecule has 0 unspecified atom stereocenters. The van der Waals surface area contributed by atoms with Crippen LogP contribution in [0.1, 0.15) is 29.3 Å². The maximum Gasteiger partial charge on any atom is 0.409 e. The molecule has 0 N–H and O–H groups in total. The molecular weight excluding hydrogens is 492 g/mol. The number of piperazine rings is 1. The molecule has 2 amide bonds. The zero-order valence-electron chi connectivity index (χ0n) is 21.8. The van der Waals surface area contributed by atoms with Crippen LogP contribution >= 0.6 is 11.6 Å². The van der Waals surface area contributed by atoms with Gasteiger partial charge in [0, 0.05) is 54.8 Å². The molecule has 9 heteroatoms. The lowest BCUT2D eigenvalue weighted by molar-refractivity contribution is 0.0560. The molecule has 0 spiro atoms. The normalized spacial score (nSPS) is 13.8. The van der Waals surface area contributed by atoms with E-state index in [-0.39, 0.29) is 12.0 Å². The summed E-state index contributed by atoms with van der Waals surface area (Å²) >= 11 is 6.64. The lowest BCUT2D eigenvalue weighted by atomic mass is 10.0. The second-order valence-electron chi connectivity index (χ2n) is 9.38. The van der Waals surface area contributed by atoms with E-state index in [4.69, 9.17) is 26.1 Å². The molecule has 0 bridgehead atoms. The van der Waals surface area contributed by atoms with E-state index in [0.29, 0.717) is 48.9 Å². The van der Waals surface area contributed by atoms with Gasteiger partial charge in [0.05, 0.1) is 29.9 Å². The first-order valence-electron chi connectivity index (χ1n) is 12.4. The number of rotatable bonds is 7. The van der Waals surface area contributed by atoms with Gasteiger partial charge in [-0.2, -0.15) is 0 Å². The SMILES string of the molecule is CCCOC(=O)N1CCN(C(=O)c2ccc3c(Cl)cc(-c4ccc(OC)c(CN(C)C)c4)nc3c2)CC1. The number of hydrogen-bond acceptors (Lipinski definition) is 6. The Kier molecular flexibility index (Phi) is 8.51. The van der Waals surface area contributed by atoms with Crippen LogP contribution in [0.25, 0.3) is 22.2 Å². The Morgan fingerprint density at radius 1 is 1.03 bits per heavy atom. The van der Waals surface area contributed by atoms with Gasteiger partial charge < -0.3 is 24.2 Å². The number of fused-ring (bicyclic) bond motifs is 1. The van der Waals surface area contributed by atoms with Crippen LogP contribution in [-0.2, 0) is 11.3 Å². The third-order valence-corrected chi connectivity index (χ3v) is 6.64. The Bertz CT molecular complexity index is 1290. The van der Waals surface area contributed by atoms with Crippen LogP contribution < -0.4 is 4.74 Å². The predicted molar refractivity (Wildman–Crippen MR) is 145 cm³/mol. The van der Waals surface area contributed by atoms with Gasteiger partial charge in [-0.05, 0) is 56.9 Å². The quantitative estimate of drug-likeness (QED) is 0.436. The summed E-state index contributed by atoms with van der Waals surface area (Å²) < 4.78 is 10.7. The smallest absolute Gasteiger partial charge is 0.409 e. The van der Waals surface area contributed by atoms with Crippen molar-refractivity contribution < 1.29 is 19.1 Å². The van der Waals surface area contributed by atoms with E-state index >= 15 is 0 Å². The van der Waals surface area contributed by atoms with E-state index in [1.807, 2.05) is 45.3 Å². The topological polar surface area (TPSA) is 75.2 Å². The monoisotopic (exact) mass is 524 g/mol. The highest BCUT2D eigenvalue weighted by Gasteiger charge is 2.26. The Hall–Kier alpha value is -3.36. The van der Waals surface area contributed by atoms with Crippen LogP contribution in [0.2, 0.25) is 5.02 Å². The van der Waals surface area contributed by atoms with Crippen LogP contribution in [-0.4, -0.2) is 85.7 Å². The van der Waals surface area contributed by atoms with E-state index in [0.717, 1.165) is 40.9 Å². The highest BCUT2D eigenvalue weighted by Crippen LogP contribution is 2.32. The number of nitrogens with zero attached hydrogens (tertiary/aromatic N) is 4. The number of amides is 2. The number of pyridine rings is 1. The second-order valence-corrected chi connectivity index (χ2v) is 9.79. The van der Waals surface area contributed by atoms with Crippen molar-refractivity contribution in [3.8, 4) is 17.0 Å². The van der Waals surface area contributed by atoms with Crippen molar-refractivity contribution in [3.63, 3.8) is 0 Å². The molecule has 0 radical (unpaired) electrons. The molecule has 3 aromatic rings. The van der Waals surface area contributed by atoms with Gasteiger partial charge in [-0.1, -0.05) is 24.6 Å². The van der Waals surface area contributed by atoms with Crippen molar-refractivity contribution in [1.29, 1.82) is 0 Å². The van der Waals surface area contributed by atoms with Crippen molar-refractivity contribution in [2.24, 2.45) is 0 Å².